The second-order valence-electron chi connectivity index (χ2n) is 5.91. The Kier molecular flexibility index (Phi) is 9.84. The molecule has 0 saturated heterocycles. The van der Waals surface area contributed by atoms with Crippen molar-refractivity contribution in [3.8, 4) is 0 Å². The smallest absolute Gasteiger partial charge is 0.393 e. The lowest BCUT2D eigenvalue weighted by molar-refractivity contribution is 0.145. The van der Waals surface area contributed by atoms with E-state index in [2.05, 4.69) is 15.6 Å². The molecular formula is C13H28N3O5PS. The Morgan fingerprint density at radius 3 is 2.39 bits per heavy atom. The highest BCUT2D eigenvalue weighted by Gasteiger charge is 2.29. The fraction of sp³-hybridized carbons (Fsp3) is 0.846. The highest BCUT2D eigenvalue weighted by atomic mass is 32.7. The molecule has 8 nitrogen and oxygen atoms in total. The molecule has 1 unspecified atom stereocenters. The summed E-state index contributed by atoms with van der Waals surface area (Å²) in [5.41, 5.74) is -0.397. The zero-order valence-corrected chi connectivity index (χ0v) is 16.5. The molecule has 136 valence electrons. The monoisotopic (exact) mass is 369 g/mol. The first-order valence-corrected chi connectivity index (χ1v) is 10.5. The third-order valence-corrected chi connectivity index (χ3v) is 6.25. The molecule has 0 aliphatic rings. The number of nitrogens with zero attached hydrogens (tertiary/aromatic N) is 1. The Hall–Kier alpha value is -0.760. The molecule has 0 aromatic heterocycles. The van der Waals surface area contributed by atoms with Crippen LogP contribution in [0.15, 0.2) is 5.16 Å². The van der Waals surface area contributed by atoms with E-state index in [-0.39, 0.29) is 17.7 Å². The van der Waals surface area contributed by atoms with Crippen molar-refractivity contribution in [2.75, 3.05) is 19.5 Å². The number of rotatable bonds is 8. The molecular weight excluding hydrogens is 341 g/mol. The summed E-state index contributed by atoms with van der Waals surface area (Å²) in [5, 5.41) is 9.23. The average Bonchev–Trinajstić information content (AvgIpc) is 2.39. The maximum atomic E-state index is 12.6. The normalized spacial score (nSPS) is 15.2. The summed E-state index contributed by atoms with van der Waals surface area (Å²) < 4.78 is 22.8. The van der Waals surface area contributed by atoms with E-state index in [1.165, 1.54) is 7.11 Å². The number of hydrogen-bond acceptors (Lipinski definition) is 7. The molecule has 1 atom stereocenters. The Morgan fingerprint density at radius 1 is 1.35 bits per heavy atom. The lowest BCUT2D eigenvalue weighted by Crippen LogP contribution is -2.34. The first kappa shape index (κ1) is 22.2. The molecule has 0 aromatic carbocycles. The van der Waals surface area contributed by atoms with Crippen LogP contribution < -0.4 is 10.4 Å². The first-order valence-electron chi connectivity index (χ1n) is 7.28. The van der Waals surface area contributed by atoms with Crippen molar-refractivity contribution < 1.29 is 23.5 Å². The largest absolute Gasteiger partial charge is 0.414 e. The fourth-order valence-electron chi connectivity index (χ4n) is 1.26. The van der Waals surface area contributed by atoms with Crippen molar-refractivity contribution in [2.24, 2.45) is 5.16 Å². The van der Waals surface area contributed by atoms with Crippen molar-refractivity contribution in [1.29, 1.82) is 0 Å². The molecule has 0 fully saturated rings. The molecule has 10 heteroatoms. The second-order valence-corrected chi connectivity index (χ2v) is 10.3. The Morgan fingerprint density at radius 2 is 1.96 bits per heavy atom. The third kappa shape index (κ3) is 11.4. The van der Waals surface area contributed by atoms with Crippen LogP contribution in [0.3, 0.4) is 0 Å². The van der Waals surface area contributed by atoms with Crippen molar-refractivity contribution in [2.45, 2.75) is 53.1 Å². The molecule has 0 aliphatic heterocycles. The van der Waals surface area contributed by atoms with E-state index in [1.54, 1.807) is 6.92 Å². The Balaban J connectivity index is 4.83. The molecule has 0 heterocycles. The van der Waals surface area contributed by atoms with Gasteiger partial charge < -0.3 is 19.4 Å². The lowest BCUT2D eigenvalue weighted by Gasteiger charge is -2.26. The Labute approximate surface area is 142 Å². The van der Waals surface area contributed by atoms with E-state index >= 15 is 0 Å². The van der Waals surface area contributed by atoms with Gasteiger partial charge in [0, 0.05) is 18.7 Å². The minimum Gasteiger partial charge on any atom is -0.393 e. The maximum Gasteiger partial charge on any atom is 0.414 e. The fourth-order valence-corrected chi connectivity index (χ4v) is 4.91. The number of ether oxygens (including phenoxy) is 1. The molecule has 0 bridgehead atoms. The van der Waals surface area contributed by atoms with Crippen LogP contribution in [0.25, 0.3) is 0 Å². The van der Waals surface area contributed by atoms with Gasteiger partial charge in [0.1, 0.15) is 6.61 Å². The molecule has 0 aliphatic carbocycles. The summed E-state index contributed by atoms with van der Waals surface area (Å²) in [5.74, 6) is 0.0719. The summed E-state index contributed by atoms with van der Waals surface area (Å²) in [6.07, 6.45) is -0.643. The van der Waals surface area contributed by atoms with E-state index in [0.717, 1.165) is 11.4 Å². The minimum absolute atomic E-state index is 0.0167. The van der Waals surface area contributed by atoms with E-state index < -0.39 is 18.4 Å². The van der Waals surface area contributed by atoms with Crippen LogP contribution in [0, 0.1) is 0 Å². The number of nitrogens with one attached hydrogen (secondary N) is 2. The van der Waals surface area contributed by atoms with Crippen LogP contribution in [-0.2, 0) is 18.7 Å². The first-order chi connectivity index (χ1) is 10.5. The zero-order valence-electron chi connectivity index (χ0n) is 14.8. The van der Waals surface area contributed by atoms with Crippen LogP contribution in [0.5, 0.6) is 0 Å². The van der Waals surface area contributed by atoms with Crippen LogP contribution in [0.4, 0.5) is 4.79 Å². The molecule has 2 N–H and O–H groups in total. The van der Waals surface area contributed by atoms with Gasteiger partial charge in [0.05, 0.1) is 5.75 Å². The van der Waals surface area contributed by atoms with Crippen molar-refractivity contribution in [1.82, 2.24) is 10.4 Å². The number of oxime groups is 1. The van der Waals surface area contributed by atoms with Gasteiger partial charge in [-0.05, 0) is 52.9 Å². The molecule has 0 aromatic rings. The topological polar surface area (TPSA) is 98.2 Å². The summed E-state index contributed by atoms with van der Waals surface area (Å²) in [7, 11) is 1.36. The molecule has 23 heavy (non-hydrogen) atoms. The number of carbonyl (C=O) groups is 1. The number of alkyl carbamates (subject to hydrolysis) is 1. The van der Waals surface area contributed by atoms with E-state index in [0.29, 0.717) is 6.61 Å². The molecule has 0 spiro atoms. The van der Waals surface area contributed by atoms with Crippen LogP contribution in [0.2, 0.25) is 0 Å². The predicted molar refractivity (Wildman–Crippen MR) is 93.8 cm³/mol. The summed E-state index contributed by atoms with van der Waals surface area (Å²) in [6.45, 7) is 8.16. The van der Waals surface area contributed by atoms with Crippen LogP contribution in [-0.4, -0.2) is 43.0 Å². The van der Waals surface area contributed by atoms with E-state index in [9.17, 15) is 9.36 Å². The standard InChI is InChI=1S/C13H28N3O5PS/c1-8-20-15-11(21-12(17)14-10(2)3)9-23-22(18,19-7)16-13(4,5)6/h10H,8-9H2,1-7H3,(H,14,17)(H,16,18). The Bertz CT molecular complexity index is 451. The van der Waals surface area contributed by atoms with Gasteiger partial charge in [0.15, 0.2) is 0 Å². The van der Waals surface area contributed by atoms with E-state index in [1.807, 2.05) is 34.6 Å². The summed E-state index contributed by atoms with van der Waals surface area (Å²) in [4.78, 5) is 16.6. The minimum atomic E-state index is -3.16. The van der Waals surface area contributed by atoms with Gasteiger partial charge in [0.2, 0.25) is 5.90 Å². The van der Waals surface area contributed by atoms with Gasteiger partial charge in [0.25, 0.3) is 0 Å². The number of amides is 1. The highest BCUT2D eigenvalue weighted by Crippen LogP contribution is 2.56. The van der Waals surface area contributed by atoms with E-state index in [4.69, 9.17) is 14.1 Å². The van der Waals surface area contributed by atoms with Crippen molar-refractivity contribution in [3.05, 3.63) is 0 Å². The number of carbonyl (C=O) groups excluding carboxylic acids is 1. The van der Waals surface area contributed by atoms with Gasteiger partial charge in [-0.1, -0.05) is 5.16 Å². The number of hydrogen-bond donors (Lipinski definition) is 2. The summed E-state index contributed by atoms with van der Waals surface area (Å²) in [6, 6.07) is -0.0730. The molecule has 0 radical (unpaired) electrons. The maximum absolute atomic E-state index is 12.6. The van der Waals surface area contributed by atoms with Crippen molar-refractivity contribution >= 4 is 30.1 Å². The second kappa shape index (κ2) is 10.2. The van der Waals surface area contributed by atoms with Crippen molar-refractivity contribution in [3.63, 3.8) is 0 Å². The SMILES string of the molecule is CCON=C(CSP(=O)(NC(C)(C)C)OC)OC(=O)NC(C)C. The quantitative estimate of drug-likeness (QED) is 0.293. The van der Waals surface area contributed by atoms with Gasteiger partial charge in [-0.3, -0.25) is 4.57 Å². The van der Waals surface area contributed by atoms with Gasteiger partial charge >= 0.3 is 12.8 Å². The average molecular weight is 369 g/mol. The van der Waals surface area contributed by atoms with Gasteiger partial charge in [-0.15, -0.1) is 0 Å². The van der Waals surface area contributed by atoms with Crippen LogP contribution in [0.1, 0.15) is 41.5 Å². The molecule has 0 saturated carbocycles. The highest BCUT2D eigenvalue weighted by molar-refractivity contribution is 8.56. The summed E-state index contributed by atoms with van der Waals surface area (Å²) >= 11 is 0.977. The zero-order chi connectivity index (χ0) is 18.1. The third-order valence-electron chi connectivity index (χ3n) is 1.98. The lowest BCUT2D eigenvalue weighted by atomic mass is 10.1. The molecule has 0 rings (SSSR count). The van der Waals surface area contributed by atoms with Crippen LogP contribution >= 0.6 is 18.1 Å². The van der Waals surface area contributed by atoms with Gasteiger partial charge in [-0.25, -0.2) is 9.88 Å². The molecule has 1 amide bonds. The van der Waals surface area contributed by atoms with Gasteiger partial charge in [-0.2, -0.15) is 0 Å². The predicted octanol–water partition coefficient (Wildman–Crippen LogP) is 3.35.